The molecule has 172 valence electrons. The van der Waals surface area contributed by atoms with E-state index in [9.17, 15) is 4.79 Å². The number of ether oxygens (including phenoxy) is 1. The molecule has 1 unspecified atom stereocenters. The number of hydrogen-bond donors (Lipinski definition) is 1. The van der Waals surface area contributed by atoms with Crippen LogP contribution in [0.3, 0.4) is 0 Å². The van der Waals surface area contributed by atoms with Crippen LogP contribution in [-0.4, -0.2) is 54.2 Å². The molecule has 3 heterocycles. The van der Waals surface area contributed by atoms with E-state index in [1.807, 2.05) is 49.6 Å². The standard InChI is InChI=1S/C25H35N5O2/c1-30(2)25-28-17-21(22-7-3-4-14-26-22)24(29-25)19-10-8-18(9-11-19)16-27-23(31)13-12-20-6-5-15-32-20/h3-4,7,14,17-20H,5-6,8-13,15-16H2,1-2H3,(H,27,31). The van der Waals surface area contributed by atoms with Gasteiger partial charge in [-0.1, -0.05) is 6.07 Å². The van der Waals surface area contributed by atoms with E-state index in [0.717, 1.165) is 81.0 Å². The highest BCUT2D eigenvalue weighted by Crippen LogP contribution is 2.38. The summed E-state index contributed by atoms with van der Waals surface area (Å²) in [7, 11) is 3.94. The van der Waals surface area contributed by atoms with E-state index < -0.39 is 0 Å². The van der Waals surface area contributed by atoms with E-state index in [1.54, 1.807) is 0 Å². The Labute approximate surface area is 191 Å². The summed E-state index contributed by atoms with van der Waals surface area (Å²) < 4.78 is 5.62. The highest BCUT2D eigenvalue weighted by Gasteiger charge is 2.27. The maximum absolute atomic E-state index is 12.2. The molecule has 7 heteroatoms. The summed E-state index contributed by atoms with van der Waals surface area (Å²) in [6.07, 6.45) is 12.0. The fourth-order valence-corrected chi connectivity index (χ4v) is 4.78. The number of nitrogens with zero attached hydrogens (tertiary/aromatic N) is 4. The molecule has 2 aromatic rings. The number of hydrogen-bond acceptors (Lipinski definition) is 6. The molecule has 1 aliphatic carbocycles. The maximum atomic E-state index is 12.2. The number of carbonyl (C=O) groups excluding carboxylic acids is 1. The first-order valence-corrected chi connectivity index (χ1v) is 11.9. The Balaban J connectivity index is 1.33. The molecule has 1 atom stereocenters. The van der Waals surface area contributed by atoms with Crippen LogP contribution in [0, 0.1) is 5.92 Å². The Hall–Kier alpha value is -2.54. The lowest BCUT2D eigenvalue weighted by Crippen LogP contribution is -2.31. The van der Waals surface area contributed by atoms with Gasteiger partial charge < -0.3 is 15.0 Å². The van der Waals surface area contributed by atoms with Crippen molar-refractivity contribution in [2.75, 3.05) is 32.1 Å². The van der Waals surface area contributed by atoms with Gasteiger partial charge in [-0.3, -0.25) is 9.78 Å². The number of amides is 1. The van der Waals surface area contributed by atoms with Crippen molar-refractivity contribution in [1.82, 2.24) is 20.3 Å². The molecule has 2 aromatic heterocycles. The molecule has 0 spiro atoms. The van der Waals surface area contributed by atoms with Gasteiger partial charge in [-0.05, 0) is 63.0 Å². The van der Waals surface area contributed by atoms with Crippen molar-refractivity contribution < 1.29 is 9.53 Å². The molecule has 2 aliphatic rings. The molecule has 1 saturated carbocycles. The summed E-state index contributed by atoms with van der Waals surface area (Å²) in [6, 6.07) is 5.96. The highest BCUT2D eigenvalue weighted by molar-refractivity contribution is 5.75. The van der Waals surface area contributed by atoms with Gasteiger partial charge in [0, 0.05) is 57.5 Å². The van der Waals surface area contributed by atoms with Crippen LogP contribution in [0.1, 0.15) is 63.0 Å². The summed E-state index contributed by atoms with van der Waals surface area (Å²) in [5.74, 6) is 1.82. The number of nitrogens with one attached hydrogen (secondary N) is 1. The van der Waals surface area contributed by atoms with Crippen molar-refractivity contribution in [3.8, 4) is 11.3 Å². The van der Waals surface area contributed by atoms with Gasteiger partial charge in [-0.2, -0.15) is 0 Å². The molecule has 32 heavy (non-hydrogen) atoms. The fraction of sp³-hybridized carbons (Fsp3) is 0.600. The number of rotatable bonds is 8. The van der Waals surface area contributed by atoms with Crippen molar-refractivity contribution in [3.05, 3.63) is 36.3 Å². The molecule has 1 saturated heterocycles. The Morgan fingerprint density at radius 1 is 1.16 bits per heavy atom. The maximum Gasteiger partial charge on any atom is 0.225 e. The van der Waals surface area contributed by atoms with Crippen molar-refractivity contribution >= 4 is 11.9 Å². The zero-order valence-corrected chi connectivity index (χ0v) is 19.3. The molecule has 1 aliphatic heterocycles. The van der Waals surface area contributed by atoms with Crippen LogP contribution < -0.4 is 10.2 Å². The first-order chi connectivity index (χ1) is 15.6. The summed E-state index contributed by atoms with van der Waals surface area (Å²) >= 11 is 0. The lowest BCUT2D eigenvalue weighted by molar-refractivity contribution is -0.121. The van der Waals surface area contributed by atoms with Gasteiger partial charge in [0.15, 0.2) is 0 Å². The van der Waals surface area contributed by atoms with Gasteiger partial charge >= 0.3 is 0 Å². The highest BCUT2D eigenvalue weighted by atomic mass is 16.5. The summed E-state index contributed by atoms with van der Waals surface area (Å²) in [5, 5.41) is 3.16. The minimum Gasteiger partial charge on any atom is -0.378 e. The van der Waals surface area contributed by atoms with Crippen LogP contribution in [0.4, 0.5) is 5.95 Å². The smallest absolute Gasteiger partial charge is 0.225 e. The van der Waals surface area contributed by atoms with Crippen LogP contribution in [0.2, 0.25) is 0 Å². The SMILES string of the molecule is CN(C)c1ncc(-c2ccccn2)c(C2CCC(CNC(=O)CCC3CCCO3)CC2)n1. The molecule has 1 N–H and O–H groups in total. The zero-order valence-electron chi connectivity index (χ0n) is 19.3. The number of carbonyl (C=O) groups is 1. The third kappa shape index (κ3) is 5.82. The lowest BCUT2D eigenvalue weighted by Gasteiger charge is -2.29. The normalized spacial score (nSPS) is 23.1. The number of pyridine rings is 1. The molecule has 0 radical (unpaired) electrons. The molecular formula is C25H35N5O2. The van der Waals surface area contributed by atoms with Gasteiger partial charge in [-0.25, -0.2) is 9.97 Å². The van der Waals surface area contributed by atoms with Crippen molar-refractivity contribution in [1.29, 1.82) is 0 Å². The topological polar surface area (TPSA) is 80.2 Å². The lowest BCUT2D eigenvalue weighted by atomic mass is 9.79. The second-order valence-electron chi connectivity index (χ2n) is 9.27. The summed E-state index contributed by atoms with van der Waals surface area (Å²) in [6.45, 7) is 1.62. The predicted molar refractivity (Wildman–Crippen MR) is 126 cm³/mol. The van der Waals surface area contributed by atoms with Gasteiger partial charge in [0.05, 0.1) is 17.5 Å². The van der Waals surface area contributed by atoms with E-state index in [2.05, 4.69) is 15.3 Å². The zero-order chi connectivity index (χ0) is 22.3. The average Bonchev–Trinajstić information content (AvgIpc) is 3.36. The van der Waals surface area contributed by atoms with E-state index in [0.29, 0.717) is 18.3 Å². The Kier molecular flexibility index (Phi) is 7.68. The fourth-order valence-electron chi connectivity index (χ4n) is 4.78. The molecule has 7 nitrogen and oxygen atoms in total. The quantitative estimate of drug-likeness (QED) is 0.673. The third-order valence-electron chi connectivity index (χ3n) is 6.69. The van der Waals surface area contributed by atoms with Gasteiger partial charge in [0.2, 0.25) is 11.9 Å². The molecule has 1 amide bonds. The predicted octanol–water partition coefficient (Wildman–Crippen LogP) is 3.95. The number of anilines is 1. The molecular weight excluding hydrogens is 402 g/mol. The van der Waals surface area contributed by atoms with Crippen LogP contribution in [0.5, 0.6) is 0 Å². The average molecular weight is 438 g/mol. The van der Waals surface area contributed by atoms with Crippen LogP contribution in [0.15, 0.2) is 30.6 Å². The first kappa shape index (κ1) is 22.6. The van der Waals surface area contributed by atoms with Crippen LogP contribution in [0.25, 0.3) is 11.3 Å². The minimum absolute atomic E-state index is 0.159. The Morgan fingerprint density at radius 2 is 2.00 bits per heavy atom. The Bertz CT molecular complexity index is 875. The molecule has 4 rings (SSSR count). The van der Waals surface area contributed by atoms with E-state index >= 15 is 0 Å². The van der Waals surface area contributed by atoms with Gasteiger partial charge in [0.25, 0.3) is 0 Å². The van der Waals surface area contributed by atoms with Crippen LogP contribution in [-0.2, 0) is 9.53 Å². The second kappa shape index (κ2) is 10.9. The van der Waals surface area contributed by atoms with Gasteiger partial charge in [0.1, 0.15) is 0 Å². The first-order valence-electron chi connectivity index (χ1n) is 11.9. The second-order valence-corrected chi connectivity index (χ2v) is 9.27. The van der Waals surface area contributed by atoms with Crippen molar-refractivity contribution in [2.45, 2.75) is 63.4 Å². The summed E-state index contributed by atoms with van der Waals surface area (Å²) in [4.78, 5) is 28.2. The van der Waals surface area contributed by atoms with Gasteiger partial charge in [-0.15, -0.1) is 0 Å². The summed E-state index contributed by atoms with van der Waals surface area (Å²) in [5.41, 5.74) is 3.05. The van der Waals surface area contributed by atoms with E-state index in [4.69, 9.17) is 9.72 Å². The largest absolute Gasteiger partial charge is 0.378 e. The monoisotopic (exact) mass is 437 g/mol. The molecule has 2 fully saturated rings. The van der Waals surface area contributed by atoms with Crippen molar-refractivity contribution in [3.63, 3.8) is 0 Å². The van der Waals surface area contributed by atoms with E-state index in [1.165, 1.54) is 0 Å². The van der Waals surface area contributed by atoms with Crippen LogP contribution >= 0.6 is 0 Å². The molecule has 0 bridgehead atoms. The van der Waals surface area contributed by atoms with E-state index in [-0.39, 0.29) is 12.0 Å². The Morgan fingerprint density at radius 3 is 2.69 bits per heavy atom. The minimum atomic E-state index is 0.159. The number of aromatic nitrogens is 3. The third-order valence-corrected chi connectivity index (χ3v) is 6.69. The molecule has 0 aromatic carbocycles. The van der Waals surface area contributed by atoms with Crippen molar-refractivity contribution in [2.24, 2.45) is 5.92 Å².